The third-order valence-corrected chi connectivity index (χ3v) is 14.2. The van der Waals surface area contributed by atoms with Gasteiger partial charge in [-0.05, 0) is 150 Å². The topological polar surface area (TPSA) is 6.48 Å². The van der Waals surface area contributed by atoms with E-state index < -0.39 is 0 Å². The van der Waals surface area contributed by atoms with Crippen LogP contribution < -0.4 is 9.80 Å². The number of hydrogen-bond donors (Lipinski definition) is 0. The molecule has 2 aliphatic rings. The lowest BCUT2D eigenvalue weighted by atomic mass is 9.77. The fourth-order valence-corrected chi connectivity index (χ4v) is 11.0. The smallest absolute Gasteiger partial charge is 0.0543 e. The summed E-state index contributed by atoms with van der Waals surface area (Å²) < 4.78 is 0. The zero-order chi connectivity index (χ0) is 43.2. The molecular weight excluding hydrogens is 773 g/mol. The first-order valence-corrected chi connectivity index (χ1v) is 22.5. The van der Waals surface area contributed by atoms with E-state index in [-0.39, 0.29) is 10.8 Å². The van der Waals surface area contributed by atoms with Crippen LogP contribution >= 0.6 is 0 Å². The molecule has 10 aromatic carbocycles. The van der Waals surface area contributed by atoms with Gasteiger partial charge >= 0.3 is 0 Å². The Balaban J connectivity index is 1.08. The van der Waals surface area contributed by atoms with E-state index in [1.807, 2.05) is 0 Å². The van der Waals surface area contributed by atoms with Crippen LogP contribution in [0.4, 0.5) is 34.1 Å². The molecule has 0 amide bonds. The van der Waals surface area contributed by atoms with Crippen molar-refractivity contribution in [1.82, 2.24) is 0 Å². The number of nitrogens with zero attached hydrogens (tertiary/aromatic N) is 2. The Labute approximate surface area is 376 Å². The predicted molar refractivity (Wildman–Crippen MR) is 271 cm³/mol. The summed E-state index contributed by atoms with van der Waals surface area (Å²) in [6.07, 6.45) is 0. The Hall–Kier alpha value is -7.68. The van der Waals surface area contributed by atoms with Crippen LogP contribution in [0.25, 0.3) is 54.9 Å². The van der Waals surface area contributed by atoms with Crippen LogP contribution in [0, 0.1) is 0 Å². The van der Waals surface area contributed by atoms with Crippen LogP contribution in [0.3, 0.4) is 0 Å². The highest BCUT2D eigenvalue weighted by molar-refractivity contribution is 6.02. The van der Waals surface area contributed by atoms with Crippen LogP contribution in [0.2, 0.25) is 0 Å². The molecule has 64 heavy (non-hydrogen) atoms. The Bertz CT molecular complexity index is 3430. The van der Waals surface area contributed by atoms with Crippen molar-refractivity contribution in [3.8, 4) is 33.4 Å². The van der Waals surface area contributed by atoms with Crippen molar-refractivity contribution in [2.75, 3.05) is 9.80 Å². The number of fused-ring (bicyclic) bond motifs is 8. The third-order valence-electron chi connectivity index (χ3n) is 14.2. The van der Waals surface area contributed by atoms with Gasteiger partial charge in [-0.25, -0.2) is 0 Å². The lowest BCUT2D eigenvalue weighted by Crippen LogP contribution is -2.18. The largest absolute Gasteiger partial charge is 0.310 e. The Morgan fingerprint density at radius 1 is 0.297 bits per heavy atom. The molecule has 306 valence electrons. The van der Waals surface area contributed by atoms with Crippen molar-refractivity contribution in [2.45, 2.75) is 38.5 Å². The molecule has 0 aliphatic heterocycles. The second kappa shape index (κ2) is 14.4. The van der Waals surface area contributed by atoms with Gasteiger partial charge in [-0.15, -0.1) is 0 Å². The second-order valence-electron chi connectivity index (χ2n) is 18.6. The standard InChI is InChI=1S/C62H48N2/c1-61(2)55-26-16-15-25-52(55)53-39-57-54(40-56(53)61)59-58(64(47-23-9-6-10-24-47)50-34-28-42-18-12-14-20-45(42)38-50)36-35-51(60(59)62(57,3)4)43-29-31-48(32-30-43)63(46-21-7-5-8-22-46)49-33-27-41-17-11-13-19-44(41)37-49/h5-40H,1-4H3. The molecule has 0 spiro atoms. The molecule has 2 nitrogen and oxygen atoms in total. The second-order valence-corrected chi connectivity index (χ2v) is 18.6. The summed E-state index contributed by atoms with van der Waals surface area (Å²) in [7, 11) is 0. The van der Waals surface area contributed by atoms with E-state index in [1.165, 1.54) is 82.9 Å². The van der Waals surface area contributed by atoms with E-state index in [2.05, 4.69) is 256 Å². The van der Waals surface area contributed by atoms with Gasteiger partial charge < -0.3 is 9.80 Å². The lowest BCUT2D eigenvalue weighted by Gasteiger charge is -2.31. The van der Waals surface area contributed by atoms with E-state index in [0.29, 0.717) is 0 Å². The average molecular weight is 821 g/mol. The summed E-state index contributed by atoms with van der Waals surface area (Å²) in [5.41, 5.74) is 19.7. The van der Waals surface area contributed by atoms with Gasteiger partial charge in [0, 0.05) is 44.8 Å². The zero-order valence-electron chi connectivity index (χ0n) is 36.7. The lowest BCUT2D eigenvalue weighted by molar-refractivity contribution is 0.653. The van der Waals surface area contributed by atoms with Gasteiger partial charge in [-0.3, -0.25) is 0 Å². The Kier molecular flexibility index (Phi) is 8.58. The van der Waals surface area contributed by atoms with Gasteiger partial charge in [0.15, 0.2) is 0 Å². The minimum atomic E-state index is -0.307. The molecule has 0 unspecified atom stereocenters. The quantitative estimate of drug-likeness (QED) is 0.158. The molecule has 0 bridgehead atoms. The minimum Gasteiger partial charge on any atom is -0.310 e. The molecule has 2 heteroatoms. The van der Waals surface area contributed by atoms with Crippen LogP contribution in [0.15, 0.2) is 218 Å². The van der Waals surface area contributed by atoms with E-state index in [1.54, 1.807) is 0 Å². The number of anilines is 6. The summed E-state index contributed by atoms with van der Waals surface area (Å²) in [4.78, 5) is 4.85. The molecule has 0 saturated carbocycles. The molecule has 0 saturated heterocycles. The molecule has 0 radical (unpaired) electrons. The maximum atomic E-state index is 2.56. The average Bonchev–Trinajstić information content (AvgIpc) is 3.71. The van der Waals surface area contributed by atoms with E-state index >= 15 is 0 Å². The normalized spacial score (nSPS) is 13.9. The van der Waals surface area contributed by atoms with Crippen LogP contribution in [0.1, 0.15) is 49.9 Å². The van der Waals surface area contributed by atoms with E-state index in [0.717, 1.165) is 28.4 Å². The van der Waals surface area contributed by atoms with Gasteiger partial charge in [-0.1, -0.05) is 167 Å². The van der Waals surface area contributed by atoms with Crippen molar-refractivity contribution in [1.29, 1.82) is 0 Å². The van der Waals surface area contributed by atoms with Gasteiger partial charge in [0.05, 0.1) is 5.69 Å². The fraction of sp³-hybridized carbons (Fsp3) is 0.0968. The van der Waals surface area contributed by atoms with Crippen molar-refractivity contribution >= 4 is 55.7 Å². The fourth-order valence-electron chi connectivity index (χ4n) is 11.0. The van der Waals surface area contributed by atoms with Crippen molar-refractivity contribution in [2.24, 2.45) is 0 Å². The third kappa shape index (κ3) is 5.86. The molecule has 0 atom stereocenters. The first-order chi connectivity index (χ1) is 31.3. The molecule has 12 rings (SSSR count). The van der Waals surface area contributed by atoms with Crippen molar-refractivity contribution in [3.63, 3.8) is 0 Å². The molecule has 0 fully saturated rings. The number of hydrogen-bond acceptors (Lipinski definition) is 2. The molecule has 0 N–H and O–H groups in total. The van der Waals surface area contributed by atoms with Crippen LogP contribution in [-0.2, 0) is 10.8 Å². The summed E-state index contributed by atoms with van der Waals surface area (Å²) in [5.74, 6) is 0. The zero-order valence-corrected chi connectivity index (χ0v) is 36.7. The number of para-hydroxylation sites is 2. The summed E-state index contributed by atoms with van der Waals surface area (Å²) in [6.45, 7) is 9.67. The SMILES string of the molecule is CC1(C)c2ccccc2-c2cc3c(cc21)-c1c(N(c2ccccc2)c2ccc4ccccc4c2)ccc(-c2ccc(N(c4ccccc4)c4ccc5ccccc5c4)cc2)c1C3(C)C. The highest BCUT2D eigenvalue weighted by Gasteiger charge is 2.44. The van der Waals surface area contributed by atoms with Gasteiger partial charge in [0.1, 0.15) is 0 Å². The number of rotatable bonds is 7. The maximum absolute atomic E-state index is 2.56. The molecule has 2 aliphatic carbocycles. The van der Waals surface area contributed by atoms with E-state index in [4.69, 9.17) is 0 Å². The molecule has 0 heterocycles. The summed E-state index contributed by atoms with van der Waals surface area (Å²) in [6, 6.07) is 80.7. The minimum absolute atomic E-state index is 0.130. The molecular formula is C62H48N2. The Morgan fingerprint density at radius 3 is 1.42 bits per heavy atom. The first-order valence-electron chi connectivity index (χ1n) is 22.5. The van der Waals surface area contributed by atoms with Gasteiger partial charge in [-0.2, -0.15) is 0 Å². The first kappa shape index (κ1) is 38.0. The van der Waals surface area contributed by atoms with Crippen LogP contribution in [0.5, 0.6) is 0 Å². The monoisotopic (exact) mass is 820 g/mol. The summed E-state index contributed by atoms with van der Waals surface area (Å²) in [5, 5.41) is 4.92. The van der Waals surface area contributed by atoms with Crippen molar-refractivity contribution < 1.29 is 0 Å². The predicted octanol–water partition coefficient (Wildman–Crippen LogP) is 17.2. The highest BCUT2D eigenvalue weighted by Crippen LogP contribution is 2.60. The van der Waals surface area contributed by atoms with Crippen molar-refractivity contribution in [3.05, 3.63) is 241 Å². The van der Waals surface area contributed by atoms with Crippen LogP contribution in [-0.4, -0.2) is 0 Å². The Morgan fingerprint density at radius 2 is 0.781 bits per heavy atom. The van der Waals surface area contributed by atoms with Gasteiger partial charge in [0.2, 0.25) is 0 Å². The highest BCUT2D eigenvalue weighted by atomic mass is 15.1. The number of benzene rings is 10. The van der Waals surface area contributed by atoms with Gasteiger partial charge in [0.25, 0.3) is 0 Å². The molecule has 0 aromatic heterocycles. The summed E-state index contributed by atoms with van der Waals surface area (Å²) >= 11 is 0. The maximum Gasteiger partial charge on any atom is 0.0543 e. The molecule has 10 aromatic rings. The van der Waals surface area contributed by atoms with E-state index in [9.17, 15) is 0 Å².